The van der Waals surface area contributed by atoms with Crippen LogP contribution in [0, 0.1) is 18.7 Å². The quantitative estimate of drug-likeness (QED) is 0.585. The lowest BCUT2D eigenvalue weighted by atomic mass is 10.0. The largest absolute Gasteiger partial charge is 0.381 e. The Balaban J connectivity index is 0.00000256. The van der Waals surface area contributed by atoms with E-state index in [4.69, 9.17) is 16.3 Å². The van der Waals surface area contributed by atoms with E-state index < -0.39 is 5.82 Å². The number of amides is 1. The van der Waals surface area contributed by atoms with Crippen LogP contribution in [0.3, 0.4) is 0 Å². The number of fused-ring (bicyclic) bond motifs is 1. The Bertz CT molecular complexity index is 1050. The molecular formula is C21H23Cl2FN4O2. The molecule has 3 heterocycles. The lowest BCUT2D eigenvalue weighted by molar-refractivity contribution is 0.0642. The molecular weight excluding hydrogens is 430 g/mol. The number of ether oxygens (including phenoxy) is 1. The van der Waals surface area contributed by atoms with Crippen molar-refractivity contribution in [2.24, 2.45) is 5.92 Å². The summed E-state index contributed by atoms with van der Waals surface area (Å²) in [7, 11) is 0. The van der Waals surface area contributed by atoms with E-state index in [2.05, 4.69) is 15.6 Å². The molecule has 1 aliphatic heterocycles. The molecule has 0 spiro atoms. The number of rotatable bonds is 5. The summed E-state index contributed by atoms with van der Waals surface area (Å²) in [6, 6.07) is 8.20. The third-order valence-corrected chi connectivity index (χ3v) is 5.47. The van der Waals surface area contributed by atoms with Gasteiger partial charge in [-0.1, -0.05) is 11.6 Å². The zero-order chi connectivity index (χ0) is 20.4. The molecule has 0 bridgehead atoms. The highest BCUT2D eigenvalue weighted by molar-refractivity contribution is 6.31. The predicted octanol–water partition coefficient (Wildman–Crippen LogP) is 4.76. The number of anilines is 2. The highest BCUT2D eigenvalue weighted by Gasteiger charge is 2.19. The Morgan fingerprint density at radius 3 is 2.80 bits per heavy atom. The Morgan fingerprint density at radius 2 is 2.07 bits per heavy atom. The van der Waals surface area contributed by atoms with Crippen LogP contribution in [0.1, 0.15) is 29.0 Å². The van der Waals surface area contributed by atoms with Crippen LogP contribution in [0.4, 0.5) is 15.9 Å². The van der Waals surface area contributed by atoms with Crippen LogP contribution in [0.2, 0.25) is 5.02 Å². The van der Waals surface area contributed by atoms with Crippen LogP contribution in [-0.2, 0) is 4.74 Å². The molecule has 2 aromatic heterocycles. The maximum atomic E-state index is 13.4. The SMILES string of the molecule is Cc1ccc2c(Nc3ccc(F)c(Cl)c3)ncc(C(=O)NCC3CCOCC3)n12.Cl. The van der Waals surface area contributed by atoms with Gasteiger partial charge in [0.2, 0.25) is 0 Å². The first-order chi connectivity index (χ1) is 14.0. The van der Waals surface area contributed by atoms with Crippen LogP contribution < -0.4 is 10.6 Å². The first-order valence-corrected chi connectivity index (χ1v) is 9.96. The van der Waals surface area contributed by atoms with Gasteiger partial charge in [0.25, 0.3) is 5.91 Å². The van der Waals surface area contributed by atoms with Gasteiger partial charge in [0.1, 0.15) is 11.5 Å². The number of hydrogen-bond donors (Lipinski definition) is 2. The number of halogens is 3. The molecule has 1 aromatic carbocycles. The molecule has 9 heteroatoms. The van der Waals surface area contributed by atoms with Crippen molar-refractivity contribution in [3.63, 3.8) is 0 Å². The molecule has 3 aromatic rings. The van der Waals surface area contributed by atoms with Gasteiger partial charge in [0.15, 0.2) is 5.82 Å². The fourth-order valence-corrected chi connectivity index (χ4v) is 3.72. The minimum Gasteiger partial charge on any atom is -0.381 e. The second-order valence-corrected chi connectivity index (χ2v) is 7.61. The van der Waals surface area contributed by atoms with Gasteiger partial charge in [0, 0.05) is 31.1 Å². The molecule has 6 nitrogen and oxygen atoms in total. The lowest BCUT2D eigenvalue weighted by Crippen LogP contribution is -2.33. The van der Waals surface area contributed by atoms with Gasteiger partial charge in [-0.2, -0.15) is 0 Å². The molecule has 0 atom stereocenters. The number of hydrogen-bond acceptors (Lipinski definition) is 4. The van der Waals surface area contributed by atoms with E-state index in [-0.39, 0.29) is 23.3 Å². The normalized spacial score (nSPS) is 14.4. The lowest BCUT2D eigenvalue weighted by Gasteiger charge is -2.22. The van der Waals surface area contributed by atoms with Gasteiger partial charge in [-0.3, -0.25) is 4.79 Å². The van der Waals surface area contributed by atoms with E-state index >= 15 is 0 Å². The van der Waals surface area contributed by atoms with Gasteiger partial charge in [-0.05, 0) is 56.0 Å². The molecule has 1 aliphatic rings. The van der Waals surface area contributed by atoms with Crippen LogP contribution >= 0.6 is 24.0 Å². The summed E-state index contributed by atoms with van der Waals surface area (Å²) in [4.78, 5) is 17.3. The van der Waals surface area contributed by atoms with Crippen LogP contribution in [0.15, 0.2) is 36.5 Å². The molecule has 0 aliphatic carbocycles. The summed E-state index contributed by atoms with van der Waals surface area (Å²) >= 11 is 5.87. The number of benzene rings is 1. The van der Waals surface area contributed by atoms with E-state index in [1.165, 1.54) is 12.1 Å². The number of aromatic nitrogens is 2. The number of carbonyl (C=O) groups is 1. The molecule has 4 rings (SSSR count). The monoisotopic (exact) mass is 452 g/mol. The third kappa shape index (κ3) is 4.69. The summed E-state index contributed by atoms with van der Waals surface area (Å²) in [6.07, 6.45) is 3.46. The smallest absolute Gasteiger partial charge is 0.269 e. The zero-order valence-electron chi connectivity index (χ0n) is 16.5. The molecule has 2 N–H and O–H groups in total. The van der Waals surface area contributed by atoms with Gasteiger partial charge in [-0.15, -0.1) is 12.4 Å². The summed E-state index contributed by atoms with van der Waals surface area (Å²) in [5.41, 5.74) is 2.75. The van der Waals surface area contributed by atoms with Crippen molar-refractivity contribution < 1.29 is 13.9 Å². The van der Waals surface area contributed by atoms with Gasteiger partial charge >= 0.3 is 0 Å². The number of nitrogens with one attached hydrogen (secondary N) is 2. The predicted molar refractivity (Wildman–Crippen MR) is 118 cm³/mol. The Morgan fingerprint density at radius 1 is 1.30 bits per heavy atom. The highest BCUT2D eigenvalue weighted by Crippen LogP contribution is 2.26. The van der Waals surface area contributed by atoms with Crippen molar-refractivity contribution in [1.82, 2.24) is 14.7 Å². The molecule has 1 amide bonds. The number of aryl methyl sites for hydroxylation is 1. The molecule has 160 valence electrons. The van der Waals surface area contributed by atoms with Crippen LogP contribution in [-0.4, -0.2) is 35.1 Å². The van der Waals surface area contributed by atoms with E-state index in [1.807, 2.05) is 23.5 Å². The van der Waals surface area contributed by atoms with Gasteiger partial charge in [0.05, 0.1) is 16.7 Å². The van der Waals surface area contributed by atoms with Gasteiger partial charge < -0.3 is 19.8 Å². The second-order valence-electron chi connectivity index (χ2n) is 7.21. The highest BCUT2D eigenvalue weighted by atomic mass is 35.5. The topological polar surface area (TPSA) is 67.7 Å². The van der Waals surface area contributed by atoms with E-state index in [0.717, 1.165) is 37.3 Å². The summed E-state index contributed by atoms with van der Waals surface area (Å²) in [5.74, 6) is 0.350. The Hall–Kier alpha value is -2.35. The first kappa shape index (κ1) is 22.3. The minimum atomic E-state index is -0.481. The van der Waals surface area contributed by atoms with Crippen LogP contribution in [0.5, 0.6) is 0 Å². The summed E-state index contributed by atoms with van der Waals surface area (Å²) in [5, 5.41) is 6.20. The van der Waals surface area contributed by atoms with E-state index in [9.17, 15) is 9.18 Å². The standard InChI is InChI=1S/C21H22ClFN4O2.ClH/c1-13-2-5-18-20(26-15-3-4-17(23)16(22)10-15)24-12-19(27(13)18)21(28)25-11-14-6-8-29-9-7-14;/h2-5,10,12,14H,6-9,11H2,1H3,(H,24,26)(H,25,28);1H. The Kier molecular flexibility index (Phi) is 7.18. The molecule has 0 unspecified atom stereocenters. The van der Waals surface area contributed by atoms with Crippen molar-refractivity contribution >= 4 is 46.9 Å². The Labute approximate surface area is 185 Å². The van der Waals surface area contributed by atoms with Crippen molar-refractivity contribution in [3.05, 3.63) is 58.8 Å². The number of carbonyl (C=O) groups excluding carboxylic acids is 1. The molecule has 0 saturated carbocycles. The maximum Gasteiger partial charge on any atom is 0.269 e. The average Bonchev–Trinajstić information content (AvgIpc) is 3.12. The van der Waals surface area contributed by atoms with E-state index in [0.29, 0.717) is 29.7 Å². The van der Waals surface area contributed by atoms with Crippen molar-refractivity contribution in [2.75, 3.05) is 25.1 Å². The van der Waals surface area contributed by atoms with Crippen molar-refractivity contribution in [3.8, 4) is 0 Å². The van der Waals surface area contributed by atoms with Crippen molar-refractivity contribution in [1.29, 1.82) is 0 Å². The summed E-state index contributed by atoms with van der Waals surface area (Å²) < 4.78 is 20.6. The third-order valence-electron chi connectivity index (χ3n) is 5.18. The molecule has 0 radical (unpaired) electrons. The second kappa shape index (κ2) is 9.64. The molecule has 1 fully saturated rings. The average molecular weight is 453 g/mol. The number of nitrogens with zero attached hydrogens (tertiary/aromatic N) is 2. The maximum absolute atomic E-state index is 13.4. The van der Waals surface area contributed by atoms with Crippen LogP contribution in [0.25, 0.3) is 5.52 Å². The molecule has 1 saturated heterocycles. The first-order valence-electron chi connectivity index (χ1n) is 9.58. The van der Waals surface area contributed by atoms with E-state index in [1.54, 1.807) is 12.3 Å². The van der Waals surface area contributed by atoms with Gasteiger partial charge in [-0.25, -0.2) is 9.37 Å². The van der Waals surface area contributed by atoms with Crippen molar-refractivity contribution in [2.45, 2.75) is 19.8 Å². The summed E-state index contributed by atoms with van der Waals surface area (Å²) in [6.45, 7) is 4.05. The fourth-order valence-electron chi connectivity index (χ4n) is 3.54. The molecule has 30 heavy (non-hydrogen) atoms. The minimum absolute atomic E-state index is 0. The zero-order valence-corrected chi connectivity index (χ0v) is 18.0. The fraction of sp³-hybridized carbons (Fsp3) is 0.333.